The molecule has 1 amide bonds. The third kappa shape index (κ3) is 3.98. The molecule has 2 heterocycles. The lowest BCUT2D eigenvalue weighted by molar-refractivity contribution is -0.141. The lowest BCUT2D eigenvalue weighted by atomic mass is 9.95. The minimum Gasteiger partial charge on any atom is -0.341 e. The summed E-state index contributed by atoms with van der Waals surface area (Å²) >= 11 is 1.59. The average molecular weight is 456 g/mol. The van der Waals surface area contributed by atoms with Gasteiger partial charge in [0.05, 0.1) is 6.04 Å². The highest BCUT2D eigenvalue weighted by Crippen LogP contribution is 2.45. The maximum Gasteiger partial charge on any atom is 0.431 e. The quantitative estimate of drug-likeness (QED) is 0.536. The lowest BCUT2D eigenvalue weighted by Crippen LogP contribution is -2.35. The molecule has 1 aliphatic rings. The van der Waals surface area contributed by atoms with Gasteiger partial charge in [-0.25, -0.2) is 0 Å². The van der Waals surface area contributed by atoms with E-state index in [1.54, 1.807) is 16.7 Å². The molecule has 0 fully saturated rings. The smallest absolute Gasteiger partial charge is 0.341 e. The fourth-order valence-corrected chi connectivity index (χ4v) is 5.03. The van der Waals surface area contributed by atoms with Crippen molar-refractivity contribution < 1.29 is 18.0 Å². The van der Waals surface area contributed by atoms with Gasteiger partial charge in [0.1, 0.15) is 11.3 Å². The molecule has 2 N–H and O–H groups in total. The molecule has 3 aromatic rings. The number of benzene rings is 2. The summed E-state index contributed by atoms with van der Waals surface area (Å²) in [7, 11) is 0. The highest BCUT2D eigenvalue weighted by atomic mass is 32.2. The summed E-state index contributed by atoms with van der Waals surface area (Å²) in [6.45, 7) is 7.31. The van der Waals surface area contributed by atoms with E-state index < -0.39 is 34.9 Å². The normalized spacial score (nSPS) is 13.3. The van der Waals surface area contributed by atoms with Crippen molar-refractivity contribution in [2.75, 3.05) is 0 Å². The third-order valence-corrected chi connectivity index (χ3v) is 6.42. The van der Waals surface area contributed by atoms with Crippen LogP contribution in [-0.4, -0.2) is 10.9 Å². The molecule has 4 nitrogen and oxygen atoms in total. The first kappa shape index (κ1) is 22.0. The third-order valence-electron chi connectivity index (χ3n) is 5.28. The predicted molar refractivity (Wildman–Crippen MR) is 118 cm³/mol. The Bertz CT molecular complexity index is 1260. The van der Waals surface area contributed by atoms with Crippen molar-refractivity contribution >= 4 is 23.7 Å². The van der Waals surface area contributed by atoms with Crippen molar-refractivity contribution in [3.05, 3.63) is 98.5 Å². The zero-order valence-corrected chi connectivity index (χ0v) is 18.1. The van der Waals surface area contributed by atoms with E-state index in [1.807, 2.05) is 50.2 Å². The van der Waals surface area contributed by atoms with Crippen LogP contribution >= 0.6 is 11.8 Å². The topological polar surface area (TPSA) is 62.0 Å². The largest absolute Gasteiger partial charge is 0.431 e. The van der Waals surface area contributed by atoms with Crippen LogP contribution in [0.2, 0.25) is 0 Å². The summed E-state index contributed by atoms with van der Waals surface area (Å²) in [6.07, 6.45) is -3.81. The lowest BCUT2D eigenvalue weighted by Gasteiger charge is -2.29. The number of carbonyl (C=O) groups is 1. The maximum atomic E-state index is 13.2. The van der Waals surface area contributed by atoms with Gasteiger partial charge in [-0.2, -0.15) is 13.2 Å². The number of aromatic nitrogens is 1. The zero-order valence-electron chi connectivity index (χ0n) is 17.3. The van der Waals surface area contributed by atoms with E-state index in [2.05, 4.69) is 11.9 Å². The van der Waals surface area contributed by atoms with Gasteiger partial charge in [-0.1, -0.05) is 48.7 Å². The van der Waals surface area contributed by atoms with Crippen molar-refractivity contribution in [1.82, 2.24) is 10.3 Å². The highest BCUT2D eigenvalue weighted by Gasteiger charge is 2.35. The first-order valence-electron chi connectivity index (χ1n) is 9.75. The monoisotopic (exact) mass is 456 g/mol. The molecule has 1 aliphatic heterocycles. The Morgan fingerprint density at radius 1 is 1.06 bits per heavy atom. The van der Waals surface area contributed by atoms with Crippen molar-refractivity contribution in [2.45, 2.75) is 35.9 Å². The van der Waals surface area contributed by atoms with E-state index in [0.717, 1.165) is 44.2 Å². The molecule has 0 radical (unpaired) electrons. The highest BCUT2D eigenvalue weighted by molar-refractivity contribution is 7.99. The van der Waals surface area contributed by atoms with Crippen LogP contribution in [0.4, 0.5) is 13.2 Å². The number of H-pyrrole nitrogens is 1. The Kier molecular flexibility index (Phi) is 5.50. The second-order valence-corrected chi connectivity index (χ2v) is 8.72. The van der Waals surface area contributed by atoms with Crippen LogP contribution < -0.4 is 10.9 Å². The molecule has 32 heavy (non-hydrogen) atoms. The predicted octanol–water partition coefficient (Wildman–Crippen LogP) is 5.64. The van der Waals surface area contributed by atoms with Gasteiger partial charge < -0.3 is 10.3 Å². The summed E-state index contributed by atoms with van der Waals surface area (Å²) in [4.78, 5) is 29.2. The van der Waals surface area contributed by atoms with Crippen molar-refractivity contribution in [3.63, 3.8) is 0 Å². The van der Waals surface area contributed by atoms with Crippen LogP contribution in [0.5, 0.6) is 0 Å². The molecule has 0 saturated carbocycles. The molecule has 0 spiro atoms. The van der Waals surface area contributed by atoms with E-state index >= 15 is 0 Å². The number of aromatic amines is 1. The summed E-state index contributed by atoms with van der Waals surface area (Å²) < 4.78 is 39.6. The molecule has 0 atom stereocenters. The van der Waals surface area contributed by atoms with Crippen LogP contribution in [0.25, 0.3) is 6.08 Å². The van der Waals surface area contributed by atoms with E-state index in [-0.39, 0.29) is 5.56 Å². The number of nitrogens with one attached hydrogen (secondary N) is 2. The number of carbonyl (C=O) groups excluding carboxylic acids is 1. The van der Waals surface area contributed by atoms with Gasteiger partial charge in [0.15, 0.2) is 0 Å². The van der Waals surface area contributed by atoms with E-state index in [1.165, 1.54) is 0 Å². The number of fused-ring (bicyclic) bond motifs is 2. The van der Waals surface area contributed by atoms with Gasteiger partial charge in [-0.15, -0.1) is 0 Å². The average Bonchev–Trinajstić information content (AvgIpc) is 2.72. The number of hydrogen-bond acceptors (Lipinski definition) is 3. The SMILES string of the molecule is C=Cc1cc(C(=O)NC2c3ccc(C)cc3Sc3cc(C)ccc32)c(=O)[nH]c1C(F)(F)F. The molecule has 1 aromatic heterocycles. The number of hydrogen-bond donors (Lipinski definition) is 2. The van der Waals surface area contributed by atoms with Gasteiger partial charge in [-0.3, -0.25) is 9.59 Å². The first-order valence-corrected chi connectivity index (χ1v) is 10.6. The van der Waals surface area contributed by atoms with Crippen molar-refractivity contribution in [1.29, 1.82) is 0 Å². The number of aryl methyl sites for hydroxylation is 2. The zero-order chi connectivity index (χ0) is 23.2. The summed E-state index contributed by atoms with van der Waals surface area (Å²) in [5, 5.41) is 2.85. The molecule has 8 heteroatoms. The Balaban J connectivity index is 1.78. The van der Waals surface area contributed by atoms with E-state index in [9.17, 15) is 22.8 Å². The van der Waals surface area contributed by atoms with Crippen LogP contribution in [0.3, 0.4) is 0 Å². The van der Waals surface area contributed by atoms with Crippen LogP contribution in [0.1, 0.15) is 49.9 Å². The fourth-order valence-electron chi connectivity index (χ4n) is 3.70. The van der Waals surface area contributed by atoms with Gasteiger partial charge in [0, 0.05) is 15.4 Å². The van der Waals surface area contributed by atoms with Crippen LogP contribution in [-0.2, 0) is 6.18 Å². The molecule has 0 aliphatic carbocycles. The second kappa shape index (κ2) is 8.02. The molecular weight excluding hydrogens is 437 g/mol. The summed E-state index contributed by atoms with van der Waals surface area (Å²) in [5.74, 6) is -0.766. The molecule has 0 unspecified atom stereocenters. The number of pyridine rings is 1. The minimum atomic E-state index is -4.77. The molecular formula is C24H19F3N2O2S. The maximum absolute atomic E-state index is 13.2. The van der Waals surface area contributed by atoms with Gasteiger partial charge in [-0.05, 0) is 54.3 Å². The van der Waals surface area contributed by atoms with Crippen LogP contribution in [0, 0.1) is 13.8 Å². The van der Waals surface area contributed by atoms with E-state index in [0.29, 0.717) is 0 Å². The van der Waals surface area contributed by atoms with Gasteiger partial charge >= 0.3 is 6.18 Å². The Labute approximate surface area is 186 Å². The van der Waals surface area contributed by atoms with Gasteiger partial charge in [0.2, 0.25) is 0 Å². The van der Waals surface area contributed by atoms with Crippen molar-refractivity contribution in [3.8, 4) is 0 Å². The van der Waals surface area contributed by atoms with Crippen LogP contribution in [0.15, 0.2) is 63.6 Å². The first-order chi connectivity index (χ1) is 15.1. The molecule has 164 valence electrons. The second-order valence-electron chi connectivity index (χ2n) is 7.64. The molecule has 4 rings (SSSR count). The standard InChI is InChI=1S/C24H19F3N2O2S/c1-4-14-11-17(23(31)29-21(14)24(25,26)27)22(30)28-20-15-7-5-12(2)9-18(15)32-19-10-13(3)6-8-16(19)20/h4-11,20H,1H2,2-3H3,(H,28,30)(H,29,31). The number of alkyl halides is 3. The molecule has 0 saturated heterocycles. The summed E-state index contributed by atoms with van der Waals surface area (Å²) in [6, 6.07) is 12.1. The van der Waals surface area contributed by atoms with E-state index in [4.69, 9.17) is 0 Å². The van der Waals surface area contributed by atoms with Gasteiger partial charge in [0.25, 0.3) is 11.5 Å². The number of amides is 1. The molecule has 2 aromatic carbocycles. The Morgan fingerprint density at radius 3 is 2.12 bits per heavy atom. The summed E-state index contributed by atoms with van der Waals surface area (Å²) in [5.41, 5.74) is 0.722. The number of rotatable bonds is 3. The minimum absolute atomic E-state index is 0.367. The number of halogens is 3. The molecule has 0 bridgehead atoms. The van der Waals surface area contributed by atoms with Crippen molar-refractivity contribution in [2.24, 2.45) is 0 Å². The Morgan fingerprint density at radius 2 is 1.62 bits per heavy atom. The fraction of sp³-hybridized carbons (Fsp3) is 0.167. The Hall–Kier alpha value is -3.26.